The molecule has 44 heavy (non-hydrogen) atoms. The summed E-state index contributed by atoms with van der Waals surface area (Å²) < 4.78 is 0. The van der Waals surface area contributed by atoms with Crippen LogP contribution in [-0.2, 0) is 6.42 Å². The first-order valence-corrected chi connectivity index (χ1v) is 16.6. The molecule has 0 fully saturated rings. The minimum absolute atomic E-state index is 0.248. The first-order chi connectivity index (χ1) is 21.2. The molecule has 0 heterocycles. The third kappa shape index (κ3) is 11.0. The Labute approximate surface area is 272 Å². The Hall–Kier alpha value is -3.93. The van der Waals surface area contributed by atoms with E-state index in [-0.39, 0.29) is 10.5 Å². The highest BCUT2D eigenvalue weighted by Crippen LogP contribution is 2.39. The SMILES string of the molecule is C=C/C(CC)=C(C)\C(=C/C)CCNC(=C)CC(SC(Cc1cccc(C)c1)c1ccc(C#Cc2ccccc2)cc1)C(=C)C. The Balaban J connectivity index is 1.74. The van der Waals surface area contributed by atoms with Crippen molar-refractivity contribution in [2.45, 2.75) is 70.8 Å². The standard InChI is InChI=1S/C42H49NS/c1-9-38(10-2)34(8)39(11-3)26-27-43-33(7)29-41(31(4)5)44-42(30-37-19-15-16-32(6)28-37)40-24-22-36(23-25-40)21-20-35-17-13-12-14-18-35/h9,11-19,22-25,28,41-43H,1,4,7,10,26-27,29-30H2,2-3,5-6,8H3/b38-34+,39-11-. The van der Waals surface area contributed by atoms with E-state index < -0.39 is 0 Å². The van der Waals surface area contributed by atoms with Gasteiger partial charge in [-0.15, -0.1) is 11.8 Å². The predicted octanol–water partition coefficient (Wildman–Crippen LogP) is 11.1. The van der Waals surface area contributed by atoms with Gasteiger partial charge in [-0.05, 0) is 99.1 Å². The summed E-state index contributed by atoms with van der Waals surface area (Å²) in [4.78, 5) is 0. The van der Waals surface area contributed by atoms with Gasteiger partial charge >= 0.3 is 0 Å². The number of hydrogen-bond donors (Lipinski definition) is 1. The number of allylic oxidation sites excluding steroid dienone is 5. The number of aryl methyl sites for hydroxylation is 1. The van der Waals surface area contributed by atoms with E-state index >= 15 is 0 Å². The summed E-state index contributed by atoms with van der Waals surface area (Å²) in [5.74, 6) is 6.59. The molecule has 2 unspecified atom stereocenters. The topological polar surface area (TPSA) is 12.0 Å². The lowest BCUT2D eigenvalue weighted by molar-refractivity contribution is 0.737. The predicted molar refractivity (Wildman–Crippen MR) is 196 cm³/mol. The molecular weight excluding hydrogens is 551 g/mol. The van der Waals surface area contributed by atoms with E-state index in [9.17, 15) is 0 Å². The van der Waals surface area contributed by atoms with Crippen LogP contribution in [0.3, 0.4) is 0 Å². The van der Waals surface area contributed by atoms with Gasteiger partial charge in [0.25, 0.3) is 0 Å². The van der Waals surface area contributed by atoms with Gasteiger partial charge in [-0.3, -0.25) is 0 Å². The molecule has 2 atom stereocenters. The Bertz CT molecular complexity index is 1530. The van der Waals surface area contributed by atoms with Crippen molar-refractivity contribution in [2.24, 2.45) is 0 Å². The van der Waals surface area contributed by atoms with Crippen molar-refractivity contribution in [1.82, 2.24) is 5.32 Å². The Morgan fingerprint density at radius 3 is 2.20 bits per heavy atom. The number of rotatable bonds is 15. The normalized spacial score (nSPS) is 13.2. The van der Waals surface area contributed by atoms with Crippen LogP contribution in [0, 0.1) is 18.8 Å². The zero-order valence-electron chi connectivity index (χ0n) is 27.4. The second-order valence-corrected chi connectivity index (χ2v) is 12.8. The lowest BCUT2D eigenvalue weighted by Gasteiger charge is -2.26. The van der Waals surface area contributed by atoms with Crippen LogP contribution in [-0.4, -0.2) is 11.8 Å². The van der Waals surface area contributed by atoms with Crippen LogP contribution >= 0.6 is 11.8 Å². The fourth-order valence-corrected chi connectivity index (χ4v) is 6.80. The van der Waals surface area contributed by atoms with Crippen molar-refractivity contribution >= 4 is 11.8 Å². The molecule has 3 aromatic carbocycles. The summed E-state index contributed by atoms with van der Waals surface area (Å²) in [6, 6.07) is 27.8. The highest BCUT2D eigenvalue weighted by molar-refractivity contribution is 8.00. The van der Waals surface area contributed by atoms with Gasteiger partial charge in [-0.2, -0.15) is 0 Å². The second kappa shape index (κ2) is 18.0. The maximum Gasteiger partial charge on any atom is 0.0343 e. The van der Waals surface area contributed by atoms with Gasteiger partial charge in [0, 0.05) is 40.3 Å². The molecule has 0 aliphatic rings. The van der Waals surface area contributed by atoms with Crippen LogP contribution in [0.5, 0.6) is 0 Å². The molecule has 3 rings (SSSR count). The molecule has 0 bridgehead atoms. The summed E-state index contributed by atoms with van der Waals surface area (Å²) in [5.41, 5.74) is 12.2. The average Bonchev–Trinajstić information content (AvgIpc) is 3.02. The Morgan fingerprint density at radius 1 is 0.932 bits per heavy atom. The number of hydrogen-bond acceptors (Lipinski definition) is 2. The summed E-state index contributed by atoms with van der Waals surface area (Å²) in [5, 5.41) is 4.14. The maximum absolute atomic E-state index is 4.42. The van der Waals surface area contributed by atoms with Gasteiger partial charge in [-0.1, -0.05) is 116 Å². The first kappa shape index (κ1) is 34.6. The lowest BCUT2D eigenvalue weighted by Crippen LogP contribution is -2.19. The van der Waals surface area contributed by atoms with E-state index in [0.717, 1.165) is 49.1 Å². The van der Waals surface area contributed by atoms with Crippen molar-refractivity contribution in [1.29, 1.82) is 0 Å². The minimum atomic E-state index is 0.248. The van der Waals surface area contributed by atoms with E-state index in [0.29, 0.717) is 0 Å². The molecule has 1 nitrogen and oxygen atoms in total. The summed E-state index contributed by atoms with van der Waals surface area (Å²) in [6.07, 6.45) is 7.96. The molecule has 0 spiro atoms. The maximum atomic E-state index is 4.42. The van der Waals surface area contributed by atoms with E-state index in [1.807, 2.05) is 48.2 Å². The van der Waals surface area contributed by atoms with Crippen molar-refractivity contribution in [2.75, 3.05) is 6.54 Å². The highest BCUT2D eigenvalue weighted by atomic mass is 32.2. The largest absolute Gasteiger partial charge is 0.388 e. The summed E-state index contributed by atoms with van der Waals surface area (Å²) >= 11 is 1.99. The van der Waals surface area contributed by atoms with Gasteiger partial charge in [0.05, 0.1) is 0 Å². The van der Waals surface area contributed by atoms with Crippen LogP contribution in [0.2, 0.25) is 0 Å². The van der Waals surface area contributed by atoms with Crippen LogP contribution in [0.15, 0.2) is 139 Å². The van der Waals surface area contributed by atoms with Crippen LogP contribution in [0.1, 0.15) is 80.0 Å². The third-order valence-corrected chi connectivity index (χ3v) is 9.59. The monoisotopic (exact) mass is 599 g/mol. The minimum Gasteiger partial charge on any atom is -0.388 e. The molecule has 0 aliphatic carbocycles. The number of thioether (sulfide) groups is 1. The van der Waals surface area contributed by atoms with Crippen LogP contribution < -0.4 is 5.32 Å². The summed E-state index contributed by atoms with van der Waals surface area (Å²) in [6.45, 7) is 24.5. The molecule has 0 radical (unpaired) electrons. The zero-order valence-corrected chi connectivity index (χ0v) is 28.2. The fourth-order valence-electron chi connectivity index (χ4n) is 5.27. The third-order valence-electron chi connectivity index (χ3n) is 7.93. The molecule has 3 aromatic rings. The molecule has 0 amide bonds. The van der Waals surface area contributed by atoms with Crippen LogP contribution in [0.4, 0.5) is 0 Å². The van der Waals surface area contributed by atoms with Crippen molar-refractivity contribution in [3.63, 3.8) is 0 Å². The van der Waals surface area contributed by atoms with E-state index in [1.54, 1.807) is 0 Å². The molecule has 1 N–H and O–H groups in total. The van der Waals surface area contributed by atoms with Gasteiger partial charge in [0.2, 0.25) is 0 Å². The van der Waals surface area contributed by atoms with Crippen LogP contribution in [0.25, 0.3) is 0 Å². The smallest absolute Gasteiger partial charge is 0.0343 e. The van der Waals surface area contributed by atoms with E-state index in [4.69, 9.17) is 0 Å². The van der Waals surface area contributed by atoms with Gasteiger partial charge < -0.3 is 5.32 Å². The second-order valence-electron chi connectivity index (χ2n) is 11.4. The van der Waals surface area contributed by atoms with E-state index in [1.165, 1.54) is 39.0 Å². The van der Waals surface area contributed by atoms with Crippen molar-refractivity contribution < 1.29 is 0 Å². The van der Waals surface area contributed by atoms with Crippen molar-refractivity contribution in [3.05, 3.63) is 167 Å². The molecule has 0 saturated heterocycles. The van der Waals surface area contributed by atoms with E-state index in [2.05, 4.69) is 126 Å². The molecule has 0 saturated carbocycles. The molecule has 0 aromatic heterocycles. The fraction of sp³-hybridized carbons (Fsp3) is 0.286. The first-order valence-electron chi connectivity index (χ1n) is 15.7. The molecule has 228 valence electrons. The molecular formula is C42H49NS. The highest BCUT2D eigenvalue weighted by Gasteiger charge is 2.21. The average molecular weight is 600 g/mol. The molecule has 0 aliphatic heterocycles. The Morgan fingerprint density at radius 2 is 1.61 bits per heavy atom. The van der Waals surface area contributed by atoms with Gasteiger partial charge in [-0.25, -0.2) is 0 Å². The van der Waals surface area contributed by atoms with Crippen molar-refractivity contribution in [3.8, 4) is 11.8 Å². The Kier molecular flexibility index (Phi) is 14.1. The number of nitrogens with one attached hydrogen (secondary N) is 1. The molecule has 2 heteroatoms. The lowest BCUT2D eigenvalue weighted by atomic mass is 9.97. The summed E-state index contributed by atoms with van der Waals surface area (Å²) in [7, 11) is 0. The van der Waals surface area contributed by atoms with Gasteiger partial charge in [0.15, 0.2) is 0 Å². The quantitative estimate of drug-likeness (QED) is 0.106. The zero-order chi connectivity index (χ0) is 31.9. The van der Waals surface area contributed by atoms with Gasteiger partial charge in [0.1, 0.15) is 0 Å². The number of benzene rings is 3.